The first-order chi connectivity index (χ1) is 20.0. The van der Waals surface area contributed by atoms with E-state index in [-0.39, 0.29) is 28.8 Å². The van der Waals surface area contributed by atoms with E-state index < -0.39 is 11.9 Å². The molecule has 2 bridgehead atoms. The minimum atomic E-state index is -1.12. The number of carbonyl (C=O) groups excluding carboxylic acids is 2. The Balaban J connectivity index is 1.54. The minimum absolute atomic E-state index is 0.00975. The van der Waals surface area contributed by atoms with Gasteiger partial charge in [0.05, 0.1) is 22.4 Å². The van der Waals surface area contributed by atoms with Crippen molar-refractivity contribution in [2.75, 3.05) is 23.8 Å². The molecule has 2 aromatic carbocycles. The first kappa shape index (κ1) is 29.7. The van der Waals surface area contributed by atoms with Crippen molar-refractivity contribution in [3.63, 3.8) is 0 Å². The van der Waals surface area contributed by atoms with Crippen molar-refractivity contribution in [1.82, 2.24) is 9.88 Å². The van der Waals surface area contributed by atoms with Gasteiger partial charge < -0.3 is 15.3 Å². The van der Waals surface area contributed by atoms with Crippen LogP contribution in [-0.4, -0.2) is 46.5 Å². The Bertz CT molecular complexity index is 1610. The summed E-state index contributed by atoms with van der Waals surface area (Å²) in [6, 6.07) is 11.6. The molecule has 0 unspecified atom stereocenters. The molecule has 8 nitrogen and oxygen atoms in total. The van der Waals surface area contributed by atoms with Gasteiger partial charge in [-0.05, 0) is 66.8 Å². The van der Waals surface area contributed by atoms with E-state index >= 15 is 0 Å². The number of carboxylic acid groups (broad SMARTS) is 1. The Morgan fingerprint density at radius 2 is 1.98 bits per heavy atom. The first-order valence-corrected chi connectivity index (χ1v) is 14.7. The van der Waals surface area contributed by atoms with Crippen molar-refractivity contribution in [3.05, 3.63) is 81.3 Å². The van der Waals surface area contributed by atoms with E-state index in [4.69, 9.17) is 11.6 Å². The molecule has 0 saturated carbocycles. The molecule has 0 aliphatic carbocycles. The number of benzene rings is 2. The maximum absolute atomic E-state index is 14.9. The molecule has 2 atom stereocenters. The monoisotopic (exact) mass is 654 g/mol. The topological polar surface area (TPSA) is 103 Å². The molecule has 0 saturated heterocycles. The Kier molecular flexibility index (Phi) is 8.65. The Morgan fingerprint density at radius 3 is 2.71 bits per heavy atom. The quantitative estimate of drug-likeness (QED) is 0.284. The van der Waals surface area contributed by atoms with Gasteiger partial charge in [0, 0.05) is 53.1 Å². The number of fused-ring (bicyclic) bond motifs is 4. The van der Waals surface area contributed by atoms with Crippen molar-refractivity contribution in [2.45, 2.75) is 38.6 Å². The summed E-state index contributed by atoms with van der Waals surface area (Å²) >= 11 is 9.42. The van der Waals surface area contributed by atoms with Gasteiger partial charge in [-0.3, -0.25) is 19.5 Å². The zero-order valence-corrected chi connectivity index (χ0v) is 25.4. The van der Waals surface area contributed by atoms with Crippen molar-refractivity contribution in [1.29, 1.82) is 0 Å². The fourth-order valence-corrected chi connectivity index (χ4v) is 6.17. The third kappa shape index (κ3) is 5.91. The molecule has 3 aromatic rings. The third-order valence-corrected chi connectivity index (χ3v) is 8.83. The van der Waals surface area contributed by atoms with E-state index in [0.29, 0.717) is 70.5 Å². The van der Waals surface area contributed by atoms with Crippen LogP contribution in [0.2, 0.25) is 5.02 Å². The summed E-state index contributed by atoms with van der Waals surface area (Å²) in [5, 5.41) is 12.4. The van der Waals surface area contributed by atoms with Crippen LogP contribution in [0.3, 0.4) is 0 Å². The van der Waals surface area contributed by atoms with Gasteiger partial charge in [-0.25, -0.2) is 9.18 Å². The second-order valence-electron chi connectivity index (χ2n) is 10.5. The molecule has 0 spiro atoms. The Morgan fingerprint density at radius 1 is 1.19 bits per heavy atom. The first-order valence-electron chi connectivity index (χ1n) is 13.6. The van der Waals surface area contributed by atoms with Crippen molar-refractivity contribution in [3.8, 4) is 11.1 Å². The van der Waals surface area contributed by atoms with Crippen LogP contribution in [0.1, 0.15) is 49.9 Å². The van der Waals surface area contributed by atoms with E-state index in [1.165, 1.54) is 19.2 Å². The SMILES string of the molecule is C[C@@H]1CCC[C@H](N2CCC(c3c(Br)ccc(Cl)c3F)=CC2=O)c2cc(ccn2)-c2ccc(N(C)C(=O)O)cc2NC1=O. The molecule has 3 heterocycles. The van der Waals surface area contributed by atoms with Crippen LogP contribution in [0.4, 0.5) is 20.6 Å². The third-order valence-electron chi connectivity index (χ3n) is 7.88. The highest BCUT2D eigenvalue weighted by Crippen LogP contribution is 2.39. The summed E-state index contributed by atoms with van der Waals surface area (Å²) in [6.07, 6.45) is 4.28. The number of pyridine rings is 1. The van der Waals surface area contributed by atoms with E-state index in [9.17, 15) is 23.9 Å². The average Bonchev–Trinajstić information content (AvgIpc) is 2.97. The molecular weight excluding hydrogens is 627 g/mol. The molecular formula is C31H29BrClFN4O4. The summed E-state index contributed by atoms with van der Waals surface area (Å²) in [5.74, 6) is -1.31. The lowest BCUT2D eigenvalue weighted by atomic mass is 9.92. The Labute approximate surface area is 256 Å². The average molecular weight is 656 g/mol. The number of nitrogens with zero attached hydrogens (tertiary/aromatic N) is 3. The van der Waals surface area contributed by atoms with Crippen LogP contribution in [0.5, 0.6) is 0 Å². The summed E-state index contributed by atoms with van der Waals surface area (Å²) in [5.41, 5.74) is 3.93. The van der Waals surface area contributed by atoms with Crippen LogP contribution in [0, 0.1) is 11.7 Å². The largest absolute Gasteiger partial charge is 0.465 e. The molecule has 5 rings (SSSR count). The van der Waals surface area contributed by atoms with E-state index in [2.05, 4.69) is 26.2 Å². The zero-order chi connectivity index (χ0) is 30.1. The summed E-state index contributed by atoms with van der Waals surface area (Å²) in [6.45, 7) is 2.20. The second kappa shape index (κ2) is 12.2. The van der Waals surface area contributed by atoms with E-state index in [1.54, 1.807) is 35.4 Å². The van der Waals surface area contributed by atoms with Crippen LogP contribution in [-0.2, 0) is 9.59 Å². The highest BCUT2D eigenvalue weighted by atomic mass is 79.9. The number of aromatic nitrogens is 1. The van der Waals surface area contributed by atoms with Gasteiger partial charge in [-0.15, -0.1) is 0 Å². The van der Waals surface area contributed by atoms with Gasteiger partial charge in [-0.2, -0.15) is 0 Å². The molecule has 218 valence electrons. The van der Waals surface area contributed by atoms with Gasteiger partial charge in [0.25, 0.3) is 0 Å². The number of hydrogen-bond acceptors (Lipinski definition) is 4. The van der Waals surface area contributed by atoms with Crippen LogP contribution in [0.25, 0.3) is 16.7 Å². The molecule has 42 heavy (non-hydrogen) atoms. The predicted molar refractivity (Wildman–Crippen MR) is 164 cm³/mol. The Hall–Kier alpha value is -3.76. The number of nitrogens with one attached hydrogen (secondary N) is 1. The van der Waals surface area contributed by atoms with Gasteiger partial charge in [0.1, 0.15) is 5.82 Å². The molecule has 0 radical (unpaired) electrons. The standard InChI is InChI=1S/C31H29BrClFN4O4/c1-17-4-3-5-26(38-13-11-19(15-27(38)39)28-22(32)8-9-23(33)29(28)34)25-14-18(10-12-35-25)21-7-6-20(37(2)31(41)42)16-24(21)36-30(17)40/h6-10,12,14-17,26H,3-5,11,13H2,1-2H3,(H,36,40)(H,41,42)/t17-,26+/m1/s1. The number of hydrogen-bond donors (Lipinski definition) is 2. The summed E-state index contributed by atoms with van der Waals surface area (Å²) in [7, 11) is 1.44. The number of anilines is 2. The van der Waals surface area contributed by atoms with Crippen LogP contribution >= 0.6 is 27.5 Å². The molecule has 1 aromatic heterocycles. The summed E-state index contributed by atoms with van der Waals surface area (Å²) in [4.78, 5) is 45.8. The molecule has 2 aliphatic heterocycles. The lowest BCUT2D eigenvalue weighted by molar-refractivity contribution is -0.129. The minimum Gasteiger partial charge on any atom is -0.465 e. The second-order valence-corrected chi connectivity index (χ2v) is 11.8. The van der Waals surface area contributed by atoms with E-state index in [0.717, 1.165) is 10.5 Å². The number of carbonyl (C=O) groups is 3. The fourth-order valence-electron chi connectivity index (χ4n) is 5.46. The lowest BCUT2D eigenvalue weighted by Gasteiger charge is -2.35. The molecule has 0 fully saturated rings. The highest BCUT2D eigenvalue weighted by Gasteiger charge is 2.31. The van der Waals surface area contributed by atoms with Crippen LogP contribution in [0.15, 0.2) is 59.2 Å². The number of rotatable bonds is 3. The molecule has 3 amide bonds. The summed E-state index contributed by atoms with van der Waals surface area (Å²) < 4.78 is 15.4. The number of halogens is 3. The lowest BCUT2D eigenvalue weighted by Crippen LogP contribution is -2.38. The van der Waals surface area contributed by atoms with Crippen molar-refractivity contribution >= 4 is 62.4 Å². The maximum atomic E-state index is 14.9. The van der Waals surface area contributed by atoms with Gasteiger partial charge in [0.2, 0.25) is 11.8 Å². The number of amides is 3. The fraction of sp³-hybridized carbons (Fsp3) is 0.290. The van der Waals surface area contributed by atoms with Crippen molar-refractivity contribution < 1.29 is 23.9 Å². The molecule has 2 aliphatic rings. The highest BCUT2D eigenvalue weighted by molar-refractivity contribution is 9.10. The van der Waals surface area contributed by atoms with Gasteiger partial charge in [0.15, 0.2) is 0 Å². The predicted octanol–water partition coefficient (Wildman–Crippen LogP) is 7.53. The van der Waals surface area contributed by atoms with Crippen molar-refractivity contribution in [2.24, 2.45) is 5.92 Å². The normalized spacial score (nSPS) is 19.2. The van der Waals surface area contributed by atoms with E-state index in [1.807, 2.05) is 19.1 Å². The molecule has 11 heteroatoms. The van der Waals surface area contributed by atoms with Gasteiger partial charge in [-0.1, -0.05) is 46.9 Å². The zero-order valence-electron chi connectivity index (χ0n) is 23.0. The molecule has 2 N–H and O–H groups in total. The maximum Gasteiger partial charge on any atom is 0.411 e. The van der Waals surface area contributed by atoms with Gasteiger partial charge >= 0.3 is 6.09 Å². The smallest absolute Gasteiger partial charge is 0.411 e. The van der Waals surface area contributed by atoms with Crippen LogP contribution < -0.4 is 10.2 Å².